The van der Waals surface area contributed by atoms with Crippen LogP contribution in [0.25, 0.3) is 5.57 Å². The minimum absolute atomic E-state index is 0.0783. The average molecular weight is 528 g/mol. The van der Waals surface area contributed by atoms with E-state index in [9.17, 15) is 14.4 Å². The van der Waals surface area contributed by atoms with Crippen LogP contribution in [-0.4, -0.2) is 97.2 Å². The van der Waals surface area contributed by atoms with Crippen LogP contribution in [0.4, 0.5) is 19.7 Å². The summed E-state index contributed by atoms with van der Waals surface area (Å²) in [7, 11) is 0. The first-order valence-corrected chi connectivity index (χ1v) is 13.9. The van der Waals surface area contributed by atoms with Crippen molar-refractivity contribution in [3.63, 3.8) is 0 Å². The van der Waals surface area contributed by atoms with E-state index in [2.05, 4.69) is 10.2 Å². The van der Waals surface area contributed by atoms with Gasteiger partial charge < -0.3 is 24.8 Å². The van der Waals surface area contributed by atoms with Gasteiger partial charge in [-0.15, -0.1) is 0 Å². The molecule has 0 saturated carbocycles. The van der Waals surface area contributed by atoms with E-state index in [-0.39, 0.29) is 25.0 Å². The molecule has 4 aliphatic heterocycles. The first-order chi connectivity index (χ1) is 18.4. The highest BCUT2D eigenvalue weighted by atomic mass is 19.1. The topological polar surface area (TPSA) is 85.4 Å². The summed E-state index contributed by atoms with van der Waals surface area (Å²) in [6, 6.07) is 5.43. The number of likely N-dealkylation sites (tertiary alicyclic amines) is 2. The minimum Gasteiger partial charge on any atom is -0.442 e. The first-order valence-electron chi connectivity index (χ1n) is 13.9. The summed E-state index contributed by atoms with van der Waals surface area (Å²) in [6.07, 6.45) is 7.47. The number of carbonyl (C=O) groups excluding carboxylic acids is 3. The number of nitrogens with one attached hydrogen (secondary N) is 1. The van der Waals surface area contributed by atoms with E-state index in [4.69, 9.17) is 4.74 Å². The van der Waals surface area contributed by atoms with E-state index in [0.717, 1.165) is 31.5 Å². The second-order valence-corrected chi connectivity index (χ2v) is 10.7. The lowest BCUT2D eigenvalue weighted by Crippen LogP contribution is -2.52. The quantitative estimate of drug-likeness (QED) is 0.634. The molecule has 4 aliphatic rings. The van der Waals surface area contributed by atoms with Gasteiger partial charge in [0.15, 0.2) is 0 Å². The number of ether oxygens (including phenoxy) is 1. The van der Waals surface area contributed by atoms with Crippen LogP contribution in [0.2, 0.25) is 0 Å². The largest absolute Gasteiger partial charge is 0.442 e. The van der Waals surface area contributed by atoms with Gasteiger partial charge in [0.2, 0.25) is 5.91 Å². The summed E-state index contributed by atoms with van der Waals surface area (Å²) in [5.74, 6) is -0.611. The lowest BCUT2D eigenvalue weighted by molar-refractivity contribution is -0.119. The van der Waals surface area contributed by atoms with Crippen molar-refractivity contribution >= 4 is 29.3 Å². The van der Waals surface area contributed by atoms with E-state index in [1.165, 1.54) is 50.2 Å². The van der Waals surface area contributed by atoms with E-state index >= 15 is 4.39 Å². The third kappa shape index (κ3) is 5.95. The molecule has 1 aromatic rings. The van der Waals surface area contributed by atoms with Gasteiger partial charge in [-0.05, 0) is 69.0 Å². The summed E-state index contributed by atoms with van der Waals surface area (Å²) < 4.78 is 20.4. The number of halogens is 1. The van der Waals surface area contributed by atoms with Crippen LogP contribution in [0.5, 0.6) is 0 Å². The van der Waals surface area contributed by atoms with Crippen LogP contribution in [0.3, 0.4) is 0 Å². The Hall–Kier alpha value is -3.14. The normalized spacial score (nSPS) is 23.3. The zero-order valence-corrected chi connectivity index (χ0v) is 22.2. The Morgan fingerprint density at radius 3 is 2.47 bits per heavy atom. The van der Waals surface area contributed by atoms with Gasteiger partial charge in [0, 0.05) is 44.7 Å². The van der Waals surface area contributed by atoms with Gasteiger partial charge in [-0.25, -0.2) is 14.0 Å². The standard InChI is InChI=1S/C28H38FN5O4/c1-20(35)30-18-24-19-34(28(37)38-24)23-5-6-25(26(29)17-23)21-7-13-32(14-8-21)27(36)33-15-9-22(10-16-33)31-11-3-2-4-12-31/h5-7,17,22,24H,2-4,8-16,18-19H2,1H3,(H,30,35)/t24-/m0/s1. The number of cyclic esters (lactones) is 1. The maximum absolute atomic E-state index is 15.1. The molecule has 1 aromatic carbocycles. The Bertz CT molecular complexity index is 1080. The molecule has 0 bridgehead atoms. The Morgan fingerprint density at radius 1 is 1.05 bits per heavy atom. The monoisotopic (exact) mass is 527 g/mol. The Labute approximate surface area is 223 Å². The highest BCUT2D eigenvalue weighted by molar-refractivity contribution is 5.90. The smallest absolute Gasteiger partial charge is 0.414 e. The maximum atomic E-state index is 15.1. The fraction of sp³-hybridized carbons (Fsp3) is 0.607. The molecule has 0 aliphatic carbocycles. The van der Waals surface area contributed by atoms with Crippen molar-refractivity contribution in [1.29, 1.82) is 0 Å². The van der Waals surface area contributed by atoms with Crippen LogP contribution in [0, 0.1) is 5.82 Å². The van der Waals surface area contributed by atoms with Crippen molar-refractivity contribution in [2.45, 2.75) is 57.6 Å². The van der Waals surface area contributed by atoms with Crippen LogP contribution in [0.1, 0.15) is 51.0 Å². The predicted octanol–water partition coefficient (Wildman–Crippen LogP) is 3.45. The van der Waals surface area contributed by atoms with E-state index < -0.39 is 18.0 Å². The number of rotatable bonds is 5. The van der Waals surface area contributed by atoms with Crippen molar-refractivity contribution in [3.8, 4) is 0 Å². The SMILES string of the molecule is CC(=O)NC[C@H]1CN(c2ccc(C3=CCN(C(=O)N4CCC(N5CCCCC5)CC4)CC3)c(F)c2)C(=O)O1. The van der Waals surface area contributed by atoms with Gasteiger partial charge >= 0.3 is 12.1 Å². The van der Waals surface area contributed by atoms with Crippen molar-refractivity contribution in [2.75, 3.05) is 57.3 Å². The Kier molecular flexibility index (Phi) is 8.16. The molecule has 4 heterocycles. The van der Waals surface area contributed by atoms with Gasteiger partial charge in [0.25, 0.3) is 0 Å². The third-order valence-electron chi connectivity index (χ3n) is 8.18. The zero-order chi connectivity index (χ0) is 26.6. The average Bonchev–Trinajstić information content (AvgIpc) is 3.32. The number of nitrogens with zero attached hydrogens (tertiary/aromatic N) is 4. The number of piperidine rings is 2. The van der Waals surface area contributed by atoms with Crippen molar-refractivity contribution in [1.82, 2.24) is 20.0 Å². The summed E-state index contributed by atoms with van der Waals surface area (Å²) >= 11 is 0. The summed E-state index contributed by atoms with van der Waals surface area (Å²) in [5.41, 5.74) is 1.78. The van der Waals surface area contributed by atoms with Gasteiger partial charge in [-0.2, -0.15) is 0 Å². The lowest BCUT2D eigenvalue weighted by atomic mass is 9.98. The van der Waals surface area contributed by atoms with E-state index in [1.54, 1.807) is 12.1 Å². The zero-order valence-electron chi connectivity index (χ0n) is 22.2. The molecule has 1 N–H and O–H groups in total. The van der Waals surface area contributed by atoms with Gasteiger partial charge in [-0.1, -0.05) is 12.5 Å². The molecule has 0 unspecified atom stereocenters. The number of hydrogen-bond acceptors (Lipinski definition) is 5. The van der Waals surface area contributed by atoms with Crippen LogP contribution < -0.4 is 10.2 Å². The molecular formula is C28H38FN5O4. The van der Waals surface area contributed by atoms with Gasteiger partial charge in [-0.3, -0.25) is 9.69 Å². The number of amides is 4. The van der Waals surface area contributed by atoms with E-state index in [1.807, 2.05) is 15.9 Å². The third-order valence-corrected chi connectivity index (χ3v) is 8.18. The minimum atomic E-state index is -0.557. The molecule has 3 fully saturated rings. The fourth-order valence-electron chi connectivity index (χ4n) is 6.02. The molecule has 10 heteroatoms. The number of carbonyl (C=O) groups is 3. The summed E-state index contributed by atoms with van der Waals surface area (Å²) in [5, 5.41) is 2.63. The second-order valence-electron chi connectivity index (χ2n) is 10.7. The molecule has 1 atom stereocenters. The molecule has 4 amide bonds. The molecule has 206 valence electrons. The summed E-state index contributed by atoms with van der Waals surface area (Å²) in [6.45, 7) is 6.86. The van der Waals surface area contributed by atoms with Gasteiger partial charge in [0.05, 0.1) is 18.8 Å². The van der Waals surface area contributed by atoms with E-state index in [0.29, 0.717) is 36.8 Å². The van der Waals surface area contributed by atoms with Crippen LogP contribution >= 0.6 is 0 Å². The Balaban J connectivity index is 1.14. The highest BCUT2D eigenvalue weighted by Crippen LogP contribution is 2.30. The predicted molar refractivity (Wildman–Crippen MR) is 142 cm³/mol. The molecule has 38 heavy (non-hydrogen) atoms. The molecular weight excluding hydrogens is 489 g/mol. The van der Waals surface area contributed by atoms with Crippen LogP contribution in [-0.2, 0) is 9.53 Å². The highest BCUT2D eigenvalue weighted by Gasteiger charge is 2.33. The van der Waals surface area contributed by atoms with Gasteiger partial charge in [0.1, 0.15) is 11.9 Å². The van der Waals surface area contributed by atoms with Crippen molar-refractivity contribution in [3.05, 3.63) is 35.7 Å². The molecule has 3 saturated heterocycles. The number of anilines is 1. The second kappa shape index (κ2) is 11.7. The molecule has 9 nitrogen and oxygen atoms in total. The lowest BCUT2D eigenvalue weighted by Gasteiger charge is -2.41. The fourth-order valence-corrected chi connectivity index (χ4v) is 6.02. The molecule has 0 radical (unpaired) electrons. The van der Waals surface area contributed by atoms with Crippen LogP contribution in [0.15, 0.2) is 24.3 Å². The number of urea groups is 1. The number of benzene rings is 1. The molecule has 0 spiro atoms. The van der Waals surface area contributed by atoms with Crippen molar-refractivity contribution in [2.24, 2.45) is 0 Å². The number of hydrogen-bond donors (Lipinski definition) is 1. The first kappa shape index (κ1) is 26.5. The Morgan fingerprint density at radius 2 is 1.82 bits per heavy atom. The summed E-state index contributed by atoms with van der Waals surface area (Å²) in [4.78, 5) is 44.4. The molecule has 5 rings (SSSR count). The molecule has 0 aromatic heterocycles. The maximum Gasteiger partial charge on any atom is 0.414 e. The van der Waals surface area contributed by atoms with Crippen molar-refractivity contribution < 1.29 is 23.5 Å².